The van der Waals surface area contributed by atoms with Crippen LogP contribution in [0.4, 0.5) is 11.5 Å². The van der Waals surface area contributed by atoms with Gasteiger partial charge in [-0.2, -0.15) is 0 Å². The van der Waals surface area contributed by atoms with Gasteiger partial charge >= 0.3 is 0 Å². The van der Waals surface area contributed by atoms with Crippen LogP contribution in [0.2, 0.25) is 5.02 Å². The molecule has 20 heavy (non-hydrogen) atoms. The molecule has 1 aromatic heterocycles. The van der Waals surface area contributed by atoms with Crippen LogP contribution in [-0.4, -0.2) is 24.0 Å². The van der Waals surface area contributed by atoms with Crippen LogP contribution in [0.1, 0.15) is 5.56 Å². The molecule has 4 nitrogen and oxygen atoms in total. The van der Waals surface area contributed by atoms with Gasteiger partial charge in [0.2, 0.25) is 5.91 Å². The predicted octanol–water partition coefficient (Wildman–Crippen LogP) is 2.74. The van der Waals surface area contributed by atoms with Crippen LogP contribution in [0, 0.1) is 0 Å². The molecule has 1 aromatic carbocycles. The second-order valence-electron chi connectivity index (χ2n) is 4.71. The van der Waals surface area contributed by atoms with Gasteiger partial charge in [-0.1, -0.05) is 29.8 Å². The second-order valence-corrected chi connectivity index (χ2v) is 5.15. The number of carbonyl (C=O) groups is 1. The zero-order valence-electron chi connectivity index (χ0n) is 10.8. The molecular weight excluding hydrogens is 274 g/mol. The molecule has 3 rings (SSSR count). The molecule has 0 spiro atoms. The molecule has 0 fully saturated rings. The van der Waals surface area contributed by atoms with E-state index in [0.717, 1.165) is 18.7 Å². The van der Waals surface area contributed by atoms with E-state index in [2.05, 4.69) is 27.3 Å². The minimum Gasteiger partial charge on any atom is -0.362 e. The fourth-order valence-electron chi connectivity index (χ4n) is 2.38. The van der Waals surface area contributed by atoms with E-state index >= 15 is 0 Å². The number of rotatable bonds is 3. The minimum atomic E-state index is -0.0727. The summed E-state index contributed by atoms with van der Waals surface area (Å²) in [6.07, 6.45) is 2.50. The Hall–Kier alpha value is -2.07. The third kappa shape index (κ3) is 2.75. The van der Waals surface area contributed by atoms with E-state index in [9.17, 15) is 4.79 Å². The highest BCUT2D eigenvalue weighted by atomic mass is 35.5. The second kappa shape index (κ2) is 5.51. The van der Waals surface area contributed by atoms with E-state index in [1.807, 2.05) is 12.1 Å². The minimum absolute atomic E-state index is 0.0727. The van der Waals surface area contributed by atoms with Crippen LogP contribution in [0.5, 0.6) is 0 Å². The van der Waals surface area contributed by atoms with Gasteiger partial charge < -0.3 is 10.2 Å². The van der Waals surface area contributed by atoms with Gasteiger partial charge in [-0.25, -0.2) is 4.98 Å². The van der Waals surface area contributed by atoms with Crippen LogP contribution in [0.25, 0.3) is 0 Å². The van der Waals surface area contributed by atoms with Gasteiger partial charge in [0.05, 0.1) is 11.6 Å². The van der Waals surface area contributed by atoms with E-state index in [0.29, 0.717) is 17.4 Å². The third-order valence-corrected chi connectivity index (χ3v) is 3.54. The summed E-state index contributed by atoms with van der Waals surface area (Å²) in [5, 5.41) is 3.33. The smallest absolute Gasteiger partial charge is 0.245 e. The normalized spacial score (nSPS) is 13.2. The first-order valence-electron chi connectivity index (χ1n) is 6.46. The Kier molecular flexibility index (Phi) is 3.56. The number of benzene rings is 1. The first-order valence-corrected chi connectivity index (χ1v) is 6.84. The van der Waals surface area contributed by atoms with Crippen LogP contribution >= 0.6 is 11.6 Å². The molecule has 5 heteroatoms. The Morgan fingerprint density at radius 2 is 2.15 bits per heavy atom. The summed E-state index contributed by atoms with van der Waals surface area (Å²) in [7, 11) is 0. The SMILES string of the molecule is O=C(CN1CCc2ccccc21)Nc1ccc(Cl)cn1. The summed E-state index contributed by atoms with van der Waals surface area (Å²) >= 11 is 5.76. The number of hydrogen-bond donors (Lipinski definition) is 1. The maximum Gasteiger partial charge on any atom is 0.245 e. The number of halogens is 1. The Morgan fingerprint density at radius 1 is 1.30 bits per heavy atom. The van der Waals surface area contributed by atoms with Gasteiger partial charge in [-0.15, -0.1) is 0 Å². The Labute approximate surface area is 122 Å². The number of carbonyl (C=O) groups excluding carboxylic acids is 1. The van der Waals surface area contributed by atoms with Crippen LogP contribution in [0.15, 0.2) is 42.6 Å². The molecule has 0 atom stereocenters. The molecule has 0 saturated heterocycles. The van der Waals surface area contributed by atoms with Crippen molar-refractivity contribution in [2.45, 2.75) is 6.42 Å². The molecule has 1 aliphatic heterocycles. The number of nitrogens with one attached hydrogen (secondary N) is 1. The average Bonchev–Trinajstić information content (AvgIpc) is 2.85. The number of amides is 1. The van der Waals surface area contributed by atoms with Crippen LogP contribution in [-0.2, 0) is 11.2 Å². The lowest BCUT2D eigenvalue weighted by molar-refractivity contribution is -0.115. The standard InChI is InChI=1S/C15H14ClN3O/c16-12-5-6-14(17-9-12)18-15(20)10-19-8-7-11-3-1-2-4-13(11)19/h1-6,9H,7-8,10H2,(H,17,18,20). The molecule has 0 radical (unpaired) electrons. The zero-order chi connectivity index (χ0) is 13.9. The summed E-state index contributed by atoms with van der Waals surface area (Å²) in [6.45, 7) is 1.21. The van der Waals surface area contributed by atoms with E-state index in [-0.39, 0.29) is 5.91 Å². The Bertz CT molecular complexity index is 627. The fraction of sp³-hybridized carbons (Fsp3) is 0.200. The van der Waals surface area contributed by atoms with Gasteiger partial charge in [-0.05, 0) is 30.2 Å². The van der Waals surface area contributed by atoms with Crippen molar-refractivity contribution in [2.24, 2.45) is 0 Å². The number of aromatic nitrogens is 1. The molecule has 0 bridgehead atoms. The van der Waals surface area contributed by atoms with Crippen molar-refractivity contribution >= 4 is 29.0 Å². The van der Waals surface area contributed by atoms with Crippen molar-refractivity contribution in [3.05, 3.63) is 53.2 Å². The van der Waals surface area contributed by atoms with Crippen molar-refractivity contribution in [1.82, 2.24) is 4.98 Å². The van der Waals surface area contributed by atoms with Gasteiger partial charge in [0, 0.05) is 18.4 Å². The first-order chi connectivity index (χ1) is 9.72. The van der Waals surface area contributed by atoms with Crippen LogP contribution in [0.3, 0.4) is 0 Å². The molecule has 0 saturated carbocycles. The lowest BCUT2D eigenvalue weighted by atomic mass is 10.2. The number of hydrogen-bond acceptors (Lipinski definition) is 3. The maximum atomic E-state index is 12.0. The molecule has 2 aromatic rings. The quantitative estimate of drug-likeness (QED) is 0.944. The molecule has 1 aliphatic rings. The topological polar surface area (TPSA) is 45.2 Å². The summed E-state index contributed by atoms with van der Waals surface area (Å²) in [5.74, 6) is 0.448. The molecule has 2 heterocycles. The van der Waals surface area contributed by atoms with Gasteiger partial charge in [0.15, 0.2) is 0 Å². The van der Waals surface area contributed by atoms with Gasteiger partial charge in [0.1, 0.15) is 5.82 Å². The zero-order valence-corrected chi connectivity index (χ0v) is 11.6. The van der Waals surface area contributed by atoms with Gasteiger partial charge in [-0.3, -0.25) is 4.79 Å². The Morgan fingerprint density at radius 3 is 2.95 bits per heavy atom. The average molecular weight is 288 g/mol. The summed E-state index contributed by atoms with van der Waals surface area (Å²) in [6, 6.07) is 11.6. The van der Waals surface area contributed by atoms with Crippen molar-refractivity contribution in [2.75, 3.05) is 23.3 Å². The number of para-hydroxylation sites is 1. The van der Waals surface area contributed by atoms with Crippen molar-refractivity contribution < 1.29 is 4.79 Å². The van der Waals surface area contributed by atoms with Crippen molar-refractivity contribution in [1.29, 1.82) is 0 Å². The molecule has 0 aliphatic carbocycles. The molecule has 0 unspecified atom stereocenters. The first kappa shape index (κ1) is 12.9. The molecule has 102 valence electrons. The van der Waals surface area contributed by atoms with E-state index in [1.165, 1.54) is 11.8 Å². The van der Waals surface area contributed by atoms with E-state index in [1.54, 1.807) is 12.1 Å². The monoisotopic (exact) mass is 287 g/mol. The van der Waals surface area contributed by atoms with Crippen molar-refractivity contribution in [3.63, 3.8) is 0 Å². The maximum absolute atomic E-state index is 12.0. The summed E-state index contributed by atoms with van der Waals surface area (Å²) < 4.78 is 0. The fourth-order valence-corrected chi connectivity index (χ4v) is 2.49. The highest BCUT2D eigenvalue weighted by Gasteiger charge is 2.20. The largest absolute Gasteiger partial charge is 0.362 e. The van der Waals surface area contributed by atoms with E-state index in [4.69, 9.17) is 11.6 Å². The lowest BCUT2D eigenvalue weighted by Crippen LogP contribution is -2.32. The summed E-state index contributed by atoms with van der Waals surface area (Å²) in [4.78, 5) is 18.2. The van der Waals surface area contributed by atoms with Crippen LogP contribution < -0.4 is 10.2 Å². The third-order valence-electron chi connectivity index (χ3n) is 3.31. The molecule has 1 amide bonds. The number of nitrogens with zero attached hydrogens (tertiary/aromatic N) is 2. The lowest BCUT2D eigenvalue weighted by Gasteiger charge is -2.18. The van der Waals surface area contributed by atoms with E-state index < -0.39 is 0 Å². The Balaban J connectivity index is 1.64. The summed E-state index contributed by atoms with van der Waals surface area (Å²) in [5.41, 5.74) is 2.44. The number of anilines is 2. The van der Waals surface area contributed by atoms with Gasteiger partial charge in [0.25, 0.3) is 0 Å². The highest BCUT2D eigenvalue weighted by Crippen LogP contribution is 2.26. The predicted molar refractivity (Wildman–Crippen MR) is 80.2 cm³/mol. The highest BCUT2D eigenvalue weighted by molar-refractivity contribution is 6.30. The number of fused-ring (bicyclic) bond motifs is 1. The number of pyridine rings is 1. The molecular formula is C15H14ClN3O. The molecule has 1 N–H and O–H groups in total. The van der Waals surface area contributed by atoms with Crippen molar-refractivity contribution in [3.8, 4) is 0 Å².